The third-order valence-corrected chi connectivity index (χ3v) is 3.57. The quantitative estimate of drug-likeness (QED) is 0.701. The van der Waals surface area contributed by atoms with Gasteiger partial charge in [-0.25, -0.2) is 4.39 Å². The monoisotopic (exact) mass is 357 g/mol. The molecule has 0 unspecified atom stereocenters. The van der Waals surface area contributed by atoms with Crippen LogP contribution in [0, 0.1) is 17.1 Å². The Bertz CT molecular complexity index is 886. The van der Waals surface area contributed by atoms with E-state index in [4.69, 9.17) is 26.0 Å². The molecule has 0 aliphatic heterocycles. The molecule has 2 aromatic carbocycles. The molecule has 5 nitrogen and oxygen atoms in total. The summed E-state index contributed by atoms with van der Waals surface area (Å²) < 4.78 is 24.0. The van der Waals surface area contributed by atoms with E-state index in [1.54, 1.807) is 36.4 Å². The predicted octanol–water partition coefficient (Wildman–Crippen LogP) is 4.53. The minimum Gasteiger partial charge on any atom is -0.484 e. The number of hydrogen-bond donors (Lipinski definition) is 1. The molecule has 1 aromatic heterocycles. The molecule has 0 aliphatic carbocycles. The number of anilines is 1. The summed E-state index contributed by atoms with van der Waals surface area (Å²) in [6, 6.07) is 14.9. The summed E-state index contributed by atoms with van der Waals surface area (Å²) in [5.41, 5.74) is 0.984. The Morgan fingerprint density at radius 3 is 2.56 bits per heavy atom. The Hall–Kier alpha value is -3.04. The molecule has 0 saturated carbocycles. The molecule has 0 spiro atoms. The summed E-state index contributed by atoms with van der Waals surface area (Å²) in [4.78, 5) is 4.09. The van der Waals surface area contributed by atoms with Crippen LogP contribution in [0.25, 0.3) is 0 Å². The van der Waals surface area contributed by atoms with Crippen molar-refractivity contribution in [3.63, 3.8) is 0 Å². The van der Waals surface area contributed by atoms with Crippen LogP contribution in [0.2, 0.25) is 5.02 Å². The summed E-state index contributed by atoms with van der Waals surface area (Å²) in [6.45, 7) is 0.455. The molecular weight excluding hydrogens is 345 g/mol. The zero-order valence-corrected chi connectivity index (χ0v) is 13.8. The van der Waals surface area contributed by atoms with E-state index in [0.717, 1.165) is 5.56 Å². The van der Waals surface area contributed by atoms with Gasteiger partial charge in [0, 0.05) is 11.6 Å². The number of ether oxygens (including phenoxy) is 1. The first kappa shape index (κ1) is 16.8. The topological polar surface area (TPSA) is 71.1 Å². The number of halogens is 2. The Morgan fingerprint density at radius 2 is 1.88 bits per heavy atom. The van der Waals surface area contributed by atoms with Crippen LogP contribution in [0.1, 0.15) is 17.1 Å². The number of nitrogens with one attached hydrogen (secondary N) is 1. The summed E-state index contributed by atoms with van der Waals surface area (Å²) in [5, 5.41) is 12.8. The Labute approximate surface area is 148 Å². The van der Waals surface area contributed by atoms with Crippen molar-refractivity contribution >= 4 is 17.5 Å². The molecule has 126 valence electrons. The highest BCUT2D eigenvalue weighted by atomic mass is 35.5. The summed E-state index contributed by atoms with van der Waals surface area (Å²) in [7, 11) is 0. The lowest BCUT2D eigenvalue weighted by molar-refractivity contribution is 0.265. The van der Waals surface area contributed by atoms with E-state index >= 15 is 0 Å². The van der Waals surface area contributed by atoms with Crippen LogP contribution in [0.4, 0.5) is 10.3 Å². The van der Waals surface area contributed by atoms with Gasteiger partial charge in [-0.05, 0) is 42.0 Å². The van der Waals surface area contributed by atoms with Gasteiger partial charge in [0.2, 0.25) is 17.5 Å². The fourth-order valence-corrected chi connectivity index (χ4v) is 2.21. The highest BCUT2D eigenvalue weighted by Crippen LogP contribution is 2.20. The van der Waals surface area contributed by atoms with Gasteiger partial charge in [-0.15, -0.1) is 0 Å². The van der Waals surface area contributed by atoms with Crippen LogP contribution in [-0.2, 0) is 13.2 Å². The van der Waals surface area contributed by atoms with E-state index in [9.17, 15) is 4.39 Å². The van der Waals surface area contributed by atoms with Gasteiger partial charge in [-0.1, -0.05) is 23.7 Å². The SMILES string of the molecule is N#Cc1nc(COc2ccc(Cl)cc2)oc1NCc1ccc(F)cc1. The van der Waals surface area contributed by atoms with Gasteiger partial charge in [-0.2, -0.15) is 10.2 Å². The fourth-order valence-electron chi connectivity index (χ4n) is 2.08. The number of rotatable bonds is 6. The third kappa shape index (κ3) is 4.49. The predicted molar refractivity (Wildman–Crippen MR) is 90.7 cm³/mol. The van der Waals surface area contributed by atoms with Gasteiger partial charge in [0.25, 0.3) is 0 Å². The first-order chi connectivity index (χ1) is 12.1. The third-order valence-electron chi connectivity index (χ3n) is 3.32. The standard InChI is InChI=1S/C18H13ClFN3O2/c19-13-3-7-15(8-4-13)24-11-17-23-16(9-21)18(25-17)22-10-12-1-5-14(20)6-2-12/h1-8,22H,10-11H2. The number of oxazole rings is 1. The Kier molecular flexibility index (Phi) is 5.17. The first-order valence-corrected chi connectivity index (χ1v) is 7.78. The molecule has 25 heavy (non-hydrogen) atoms. The zero-order chi connectivity index (χ0) is 17.6. The minimum absolute atomic E-state index is 0.0779. The van der Waals surface area contributed by atoms with Crippen LogP contribution < -0.4 is 10.1 Å². The zero-order valence-electron chi connectivity index (χ0n) is 13.0. The number of benzene rings is 2. The van der Waals surface area contributed by atoms with Gasteiger partial charge < -0.3 is 14.5 Å². The van der Waals surface area contributed by atoms with Crippen molar-refractivity contribution in [2.24, 2.45) is 0 Å². The highest BCUT2D eigenvalue weighted by molar-refractivity contribution is 6.30. The van der Waals surface area contributed by atoms with E-state index in [2.05, 4.69) is 10.3 Å². The number of nitrogens with zero attached hydrogens (tertiary/aromatic N) is 2. The second-order valence-electron chi connectivity index (χ2n) is 5.12. The van der Waals surface area contributed by atoms with Gasteiger partial charge in [0.05, 0.1) is 0 Å². The Morgan fingerprint density at radius 1 is 1.16 bits per heavy atom. The molecular formula is C18H13ClFN3O2. The second-order valence-corrected chi connectivity index (χ2v) is 5.56. The average molecular weight is 358 g/mol. The van der Waals surface area contributed by atoms with Crippen molar-refractivity contribution in [2.75, 3.05) is 5.32 Å². The maximum Gasteiger partial charge on any atom is 0.236 e. The average Bonchev–Trinajstić information content (AvgIpc) is 3.03. The lowest BCUT2D eigenvalue weighted by Crippen LogP contribution is -1.99. The van der Waals surface area contributed by atoms with Crippen molar-refractivity contribution in [3.05, 3.63) is 76.5 Å². The molecule has 1 heterocycles. The van der Waals surface area contributed by atoms with Crippen LogP contribution >= 0.6 is 11.6 Å². The van der Waals surface area contributed by atoms with Gasteiger partial charge >= 0.3 is 0 Å². The summed E-state index contributed by atoms with van der Waals surface area (Å²) in [5.74, 6) is 0.833. The molecule has 0 amide bonds. The fraction of sp³-hybridized carbons (Fsp3) is 0.111. The maximum absolute atomic E-state index is 12.9. The normalized spacial score (nSPS) is 10.3. The van der Waals surface area contributed by atoms with Crippen molar-refractivity contribution in [2.45, 2.75) is 13.2 Å². The van der Waals surface area contributed by atoms with Crippen LogP contribution in [0.3, 0.4) is 0 Å². The van der Waals surface area contributed by atoms with Crippen molar-refractivity contribution in [1.29, 1.82) is 5.26 Å². The Balaban J connectivity index is 1.63. The van der Waals surface area contributed by atoms with E-state index < -0.39 is 0 Å². The molecule has 0 atom stereocenters. The molecule has 1 N–H and O–H groups in total. The number of nitriles is 1. The summed E-state index contributed by atoms with van der Waals surface area (Å²) >= 11 is 5.81. The molecule has 0 fully saturated rings. The van der Waals surface area contributed by atoms with Crippen LogP contribution in [0.5, 0.6) is 5.75 Å². The van der Waals surface area contributed by atoms with Gasteiger partial charge in [-0.3, -0.25) is 0 Å². The maximum atomic E-state index is 12.9. The summed E-state index contributed by atoms with van der Waals surface area (Å²) in [6.07, 6.45) is 0. The first-order valence-electron chi connectivity index (χ1n) is 7.40. The largest absolute Gasteiger partial charge is 0.484 e. The molecule has 0 saturated heterocycles. The number of aromatic nitrogens is 1. The lowest BCUT2D eigenvalue weighted by atomic mass is 10.2. The van der Waals surface area contributed by atoms with E-state index in [1.165, 1.54) is 12.1 Å². The molecule has 3 aromatic rings. The second kappa shape index (κ2) is 7.69. The molecule has 0 aliphatic rings. The molecule has 0 radical (unpaired) electrons. The van der Waals surface area contributed by atoms with Crippen LogP contribution in [-0.4, -0.2) is 4.98 Å². The van der Waals surface area contributed by atoms with Crippen molar-refractivity contribution in [3.8, 4) is 11.8 Å². The minimum atomic E-state index is -0.303. The van der Waals surface area contributed by atoms with Gasteiger partial charge in [0.15, 0.2) is 6.61 Å². The smallest absolute Gasteiger partial charge is 0.236 e. The van der Waals surface area contributed by atoms with Crippen molar-refractivity contribution in [1.82, 2.24) is 4.98 Å². The number of hydrogen-bond acceptors (Lipinski definition) is 5. The van der Waals surface area contributed by atoms with E-state index in [0.29, 0.717) is 17.3 Å². The highest BCUT2D eigenvalue weighted by Gasteiger charge is 2.13. The van der Waals surface area contributed by atoms with Gasteiger partial charge in [0.1, 0.15) is 17.6 Å². The van der Waals surface area contributed by atoms with Crippen LogP contribution in [0.15, 0.2) is 52.9 Å². The van der Waals surface area contributed by atoms with Crippen molar-refractivity contribution < 1.29 is 13.5 Å². The molecule has 0 bridgehead atoms. The molecule has 3 rings (SSSR count). The molecule has 7 heteroatoms. The lowest BCUT2D eigenvalue weighted by Gasteiger charge is -2.04. The van der Waals surface area contributed by atoms with E-state index in [1.807, 2.05) is 6.07 Å². The van der Waals surface area contributed by atoms with E-state index in [-0.39, 0.29) is 29.9 Å².